The van der Waals surface area contributed by atoms with Crippen molar-refractivity contribution in [1.29, 1.82) is 5.26 Å². The van der Waals surface area contributed by atoms with E-state index in [4.69, 9.17) is 5.26 Å². The summed E-state index contributed by atoms with van der Waals surface area (Å²) < 4.78 is 27.9. The number of carbonyl (C=O) groups is 1. The average molecular weight is 268 g/mol. The van der Waals surface area contributed by atoms with Gasteiger partial charge in [0.1, 0.15) is 11.8 Å². The molecule has 0 aliphatic rings. The third-order valence-electron chi connectivity index (χ3n) is 2.22. The highest BCUT2D eigenvalue weighted by Crippen LogP contribution is 2.10. The van der Waals surface area contributed by atoms with Gasteiger partial charge in [-0.2, -0.15) is 5.26 Å². The Labute approximate surface area is 105 Å². The van der Waals surface area contributed by atoms with Crippen molar-refractivity contribution in [1.82, 2.24) is 4.98 Å². The number of sulfone groups is 1. The molecule has 1 aromatic rings. The molecule has 0 bridgehead atoms. The van der Waals surface area contributed by atoms with Gasteiger partial charge in [0.2, 0.25) is 0 Å². The van der Waals surface area contributed by atoms with Gasteiger partial charge in [-0.05, 0) is 6.07 Å². The Balaban J connectivity index is 2.77. The van der Waals surface area contributed by atoms with Gasteiger partial charge in [-0.3, -0.25) is 4.79 Å². The van der Waals surface area contributed by atoms with Crippen LogP contribution in [-0.2, 0) is 25.1 Å². The fraction of sp³-hybridized carbons (Fsp3) is 0.364. The maximum atomic E-state index is 11.7. The van der Waals surface area contributed by atoms with Crippen molar-refractivity contribution in [2.45, 2.75) is 12.2 Å². The van der Waals surface area contributed by atoms with E-state index < -0.39 is 15.8 Å². The molecule has 6 nitrogen and oxygen atoms in total. The lowest BCUT2D eigenvalue weighted by Gasteiger charge is -2.04. The number of aromatic nitrogens is 1. The van der Waals surface area contributed by atoms with E-state index in [9.17, 15) is 13.2 Å². The number of nitrogens with zero attached hydrogens (tertiary/aromatic N) is 2. The molecule has 7 heteroatoms. The van der Waals surface area contributed by atoms with Gasteiger partial charge in [0.25, 0.3) is 0 Å². The van der Waals surface area contributed by atoms with Gasteiger partial charge in [-0.25, -0.2) is 13.4 Å². The number of carbonyl (C=O) groups excluding carboxylic acids is 1. The molecule has 0 aliphatic carbocycles. The van der Waals surface area contributed by atoms with Crippen molar-refractivity contribution in [3.05, 3.63) is 29.6 Å². The molecular formula is C11H12N2O4S. The second-order valence-corrected chi connectivity index (χ2v) is 5.73. The fourth-order valence-corrected chi connectivity index (χ4v) is 2.63. The SMILES string of the molecule is COC(=O)CCS(=O)(=O)Cc1cccnc1C#N. The van der Waals surface area contributed by atoms with E-state index in [-0.39, 0.29) is 23.6 Å². The predicted molar refractivity (Wildman–Crippen MR) is 63.1 cm³/mol. The third-order valence-corrected chi connectivity index (χ3v) is 3.79. The molecule has 96 valence electrons. The Bertz CT molecular complexity index is 575. The lowest BCUT2D eigenvalue weighted by Crippen LogP contribution is -2.14. The van der Waals surface area contributed by atoms with Crippen molar-refractivity contribution in [2.24, 2.45) is 0 Å². The highest BCUT2D eigenvalue weighted by molar-refractivity contribution is 7.90. The van der Waals surface area contributed by atoms with E-state index in [2.05, 4.69) is 9.72 Å². The quantitative estimate of drug-likeness (QED) is 0.718. The van der Waals surface area contributed by atoms with Crippen LogP contribution in [0.2, 0.25) is 0 Å². The average Bonchev–Trinajstić information content (AvgIpc) is 2.36. The lowest BCUT2D eigenvalue weighted by atomic mass is 10.2. The molecule has 0 aromatic carbocycles. The van der Waals surface area contributed by atoms with Crippen LogP contribution in [-0.4, -0.2) is 32.2 Å². The molecule has 18 heavy (non-hydrogen) atoms. The number of esters is 1. The van der Waals surface area contributed by atoms with Gasteiger partial charge in [-0.1, -0.05) is 6.07 Å². The Hall–Kier alpha value is -1.94. The van der Waals surface area contributed by atoms with Crippen LogP contribution in [0.15, 0.2) is 18.3 Å². The van der Waals surface area contributed by atoms with E-state index in [1.54, 1.807) is 6.07 Å². The minimum atomic E-state index is -3.46. The molecule has 0 spiro atoms. The Morgan fingerprint density at radius 2 is 2.28 bits per heavy atom. The molecule has 0 radical (unpaired) electrons. The van der Waals surface area contributed by atoms with Crippen LogP contribution in [0.1, 0.15) is 17.7 Å². The third kappa shape index (κ3) is 4.14. The van der Waals surface area contributed by atoms with Crippen molar-refractivity contribution in [3.63, 3.8) is 0 Å². The van der Waals surface area contributed by atoms with Crippen molar-refractivity contribution in [2.75, 3.05) is 12.9 Å². The van der Waals surface area contributed by atoms with Crippen molar-refractivity contribution < 1.29 is 17.9 Å². The monoisotopic (exact) mass is 268 g/mol. The molecule has 1 rings (SSSR count). The second kappa shape index (κ2) is 6.12. The zero-order valence-electron chi connectivity index (χ0n) is 9.79. The summed E-state index contributed by atoms with van der Waals surface area (Å²) in [6, 6.07) is 4.92. The van der Waals surface area contributed by atoms with E-state index >= 15 is 0 Å². The van der Waals surface area contributed by atoms with E-state index in [1.165, 1.54) is 19.4 Å². The zero-order valence-corrected chi connectivity index (χ0v) is 10.6. The van der Waals surface area contributed by atoms with Crippen LogP contribution >= 0.6 is 0 Å². The first-order valence-electron chi connectivity index (χ1n) is 5.10. The van der Waals surface area contributed by atoms with Gasteiger partial charge in [0, 0.05) is 11.8 Å². The first-order chi connectivity index (χ1) is 8.48. The molecule has 0 fully saturated rings. The summed E-state index contributed by atoms with van der Waals surface area (Å²) in [5, 5.41) is 8.79. The van der Waals surface area contributed by atoms with E-state index in [0.717, 1.165) is 0 Å². The minimum absolute atomic E-state index is 0.0825. The van der Waals surface area contributed by atoms with Crippen LogP contribution in [0.4, 0.5) is 0 Å². The van der Waals surface area contributed by atoms with Crippen LogP contribution < -0.4 is 0 Å². The summed E-state index contributed by atoms with van der Waals surface area (Å²) in [5.74, 6) is -1.19. The molecule has 0 saturated carbocycles. The largest absolute Gasteiger partial charge is 0.469 e. The zero-order chi connectivity index (χ0) is 13.6. The minimum Gasteiger partial charge on any atom is -0.469 e. The first-order valence-corrected chi connectivity index (χ1v) is 6.92. The maximum absolute atomic E-state index is 11.7. The molecule has 0 saturated heterocycles. The first kappa shape index (κ1) is 14.1. The molecule has 1 heterocycles. The smallest absolute Gasteiger partial charge is 0.306 e. The van der Waals surface area contributed by atoms with Gasteiger partial charge in [0.15, 0.2) is 9.84 Å². The van der Waals surface area contributed by atoms with Crippen LogP contribution in [0.5, 0.6) is 0 Å². The number of methoxy groups -OCH3 is 1. The Morgan fingerprint density at radius 1 is 1.56 bits per heavy atom. The van der Waals surface area contributed by atoms with Crippen LogP contribution in [0, 0.1) is 11.3 Å². The summed E-state index contributed by atoms with van der Waals surface area (Å²) in [6.45, 7) is 0. The topological polar surface area (TPSA) is 97.1 Å². The van der Waals surface area contributed by atoms with Gasteiger partial charge in [-0.15, -0.1) is 0 Å². The summed E-state index contributed by atoms with van der Waals surface area (Å²) in [7, 11) is -2.27. The highest BCUT2D eigenvalue weighted by atomic mass is 32.2. The molecule has 0 unspecified atom stereocenters. The van der Waals surface area contributed by atoms with Gasteiger partial charge in [0.05, 0.1) is 25.0 Å². The number of hydrogen-bond donors (Lipinski definition) is 0. The lowest BCUT2D eigenvalue weighted by molar-refractivity contribution is -0.140. The van der Waals surface area contributed by atoms with Gasteiger partial charge >= 0.3 is 5.97 Å². The molecule has 0 amide bonds. The molecular weight excluding hydrogens is 256 g/mol. The number of ether oxygens (including phenoxy) is 1. The van der Waals surface area contributed by atoms with E-state index in [1.807, 2.05) is 6.07 Å². The van der Waals surface area contributed by atoms with Crippen molar-refractivity contribution >= 4 is 15.8 Å². The summed E-state index contributed by atoms with van der Waals surface area (Å²) >= 11 is 0. The summed E-state index contributed by atoms with van der Waals surface area (Å²) in [5.41, 5.74) is 0.420. The number of pyridine rings is 1. The molecule has 1 aromatic heterocycles. The highest BCUT2D eigenvalue weighted by Gasteiger charge is 2.17. The molecule has 0 atom stereocenters. The Kier molecular flexibility index (Phi) is 4.80. The number of rotatable bonds is 5. The van der Waals surface area contributed by atoms with Crippen LogP contribution in [0.25, 0.3) is 0 Å². The molecule has 0 N–H and O–H groups in total. The summed E-state index contributed by atoms with van der Waals surface area (Å²) in [6.07, 6.45) is 1.23. The van der Waals surface area contributed by atoms with Crippen molar-refractivity contribution in [3.8, 4) is 6.07 Å². The second-order valence-electron chi connectivity index (χ2n) is 3.54. The normalized spacial score (nSPS) is 10.7. The Morgan fingerprint density at radius 3 is 2.89 bits per heavy atom. The predicted octanol–water partition coefficient (Wildman–Crippen LogP) is 0.431. The van der Waals surface area contributed by atoms with Gasteiger partial charge < -0.3 is 4.74 Å². The van der Waals surface area contributed by atoms with Crippen LogP contribution in [0.3, 0.4) is 0 Å². The molecule has 0 aliphatic heterocycles. The van der Waals surface area contributed by atoms with E-state index in [0.29, 0.717) is 5.56 Å². The standard InChI is InChI=1S/C11H12N2O4S/c1-17-11(14)4-6-18(15,16)8-9-3-2-5-13-10(9)7-12/h2-3,5H,4,6,8H2,1H3. The number of hydrogen-bond acceptors (Lipinski definition) is 6. The maximum Gasteiger partial charge on any atom is 0.306 e. The summed E-state index contributed by atoms with van der Waals surface area (Å²) in [4.78, 5) is 14.7. The fourth-order valence-electron chi connectivity index (χ4n) is 1.31. The number of nitriles is 1.